The van der Waals surface area contributed by atoms with E-state index in [1.165, 1.54) is 42.7 Å². The lowest BCUT2D eigenvalue weighted by atomic mass is 10.0. The van der Waals surface area contributed by atoms with E-state index in [0.717, 1.165) is 33.8 Å². The highest BCUT2D eigenvalue weighted by Gasteiger charge is 2.20. The molecule has 3 aromatic heterocycles. The number of rotatable bonds is 3. The molecular weight excluding hydrogens is 518 g/mol. The summed E-state index contributed by atoms with van der Waals surface area (Å²) in [4.78, 5) is 5.08. The molecule has 9 rings (SSSR count). The Bertz CT molecular complexity index is 2410. The maximum absolute atomic E-state index is 5.08. The van der Waals surface area contributed by atoms with Crippen LogP contribution in [0.25, 0.3) is 76.5 Å². The van der Waals surface area contributed by atoms with Crippen LogP contribution in [0.1, 0.15) is 0 Å². The van der Waals surface area contributed by atoms with E-state index in [1.54, 1.807) is 0 Å². The van der Waals surface area contributed by atoms with Gasteiger partial charge in [0.15, 0.2) is 0 Å². The fraction of sp³-hybridized carbons (Fsp3) is 0. The monoisotopic (exact) mass is 541 g/mol. The van der Waals surface area contributed by atoms with Crippen molar-refractivity contribution >= 4 is 65.0 Å². The Balaban J connectivity index is 1.31. The van der Waals surface area contributed by atoms with Crippen molar-refractivity contribution in [2.24, 2.45) is 0 Å². The van der Waals surface area contributed by atoms with Crippen molar-refractivity contribution in [2.45, 2.75) is 0 Å². The van der Waals surface area contributed by atoms with Crippen molar-refractivity contribution in [1.29, 1.82) is 0 Å². The number of para-hydroxylation sites is 4. The normalized spacial score (nSPS) is 11.9. The highest BCUT2D eigenvalue weighted by Crippen LogP contribution is 2.44. The van der Waals surface area contributed by atoms with Gasteiger partial charge < -0.3 is 4.57 Å². The number of benzene rings is 6. The molecule has 0 aliphatic heterocycles. The van der Waals surface area contributed by atoms with Crippen LogP contribution in [0.2, 0.25) is 0 Å². The third kappa shape index (κ3) is 3.22. The SMILES string of the molecule is c1ccc(-n2c(-c3ccc(-n4c5ccccc5c5c6ccsc6c6ccccc6c54)cc3)nc3ccccc32)cc1. The molecule has 0 bridgehead atoms. The van der Waals surface area contributed by atoms with Gasteiger partial charge in [0.1, 0.15) is 5.82 Å². The molecule has 0 N–H and O–H groups in total. The van der Waals surface area contributed by atoms with Crippen molar-refractivity contribution in [3.8, 4) is 22.8 Å². The molecule has 3 heterocycles. The van der Waals surface area contributed by atoms with E-state index < -0.39 is 0 Å². The highest BCUT2D eigenvalue weighted by atomic mass is 32.1. The van der Waals surface area contributed by atoms with Gasteiger partial charge in [0.05, 0.1) is 22.1 Å². The second kappa shape index (κ2) is 8.65. The summed E-state index contributed by atoms with van der Waals surface area (Å²) in [5.74, 6) is 0.941. The Hall–Kier alpha value is -5.19. The van der Waals surface area contributed by atoms with Gasteiger partial charge in [0.25, 0.3) is 0 Å². The maximum Gasteiger partial charge on any atom is 0.145 e. The molecule has 4 heteroatoms. The molecule has 9 aromatic rings. The van der Waals surface area contributed by atoms with Crippen LogP contribution < -0.4 is 0 Å². The molecule has 192 valence electrons. The van der Waals surface area contributed by atoms with E-state index >= 15 is 0 Å². The van der Waals surface area contributed by atoms with E-state index in [1.807, 2.05) is 11.3 Å². The second-order valence-electron chi connectivity index (χ2n) is 10.4. The van der Waals surface area contributed by atoms with Gasteiger partial charge >= 0.3 is 0 Å². The number of thiophene rings is 1. The Labute approximate surface area is 240 Å². The molecule has 0 aliphatic carbocycles. The van der Waals surface area contributed by atoms with Crippen LogP contribution in [-0.4, -0.2) is 14.1 Å². The lowest BCUT2D eigenvalue weighted by molar-refractivity contribution is 1.10. The lowest BCUT2D eigenvalue weighted by Crippen LogP contribution is -1.98. The fourth-order valence-electron chi connectivity index (χ4n) is 6.46. The summed E-state index contributed by atoms with van der Waals surface area (Å²) in [5.41, 5.74) is 7.90. The van der Waals surface area contributed by atoms with Crippen LogP contribution in [0.4, 0.5) is 0 Å². The van der Waals surface area contributed by atoms with Crippen LogP contribution in [0, 0.1) is 0 Å². The topological polar surface area (TPSA) is 22.8 Å². The lowest BCUT2D eigenvalue weighted by Gasteiger charge is -2.13. The molecule has 0 saturated carbocycles. The Morgan fingerprint density at radius 2 is 1.15 bits per heavy atom. The largest absolute Gasteiger partial charge is 0.309 e. The first-order valence-electron chi connectivity index (χ1n) is 13.8. The molecular formula is C37H23N3S. The molecule has 41 heavy (non-hydrogen) atoms. The van der Waals surface area contributed by atoms with Crippen molar-refractivity contribution in [3.05, 3.63) is 139 Å². The zero-order chi connectivity index (χ0) is 26.9. The van der Waals surface area contributed by atoms with Crippen molar-refractivity contribution in [2.75, 3.05) is 0 Å². The van der Waals surface area contributed by atoms with E-state index in [9.17, 15) is 0 Å². The maximum atomic E-state index is 5.08. The van der Waals surface area contributed by atoms with Gasteiger partial charge in [-0.25, -0.2) is 4.98 Å². The summed E-state index contributed by atoms with van der Waals surface area (Å²) in [6.07, 6.45) is 0. The number of hydrogen-bond acceptors (Lipinski definition) is 2. The zero-order valence-corrected chi connectivity index (χ0v) is 22.8. The van der Waals surface area contributed by atoms with Gasteiger partial charge in [-0.3, -0.25) is 4.57 Å². The van der Waals surface area contributed by atoms with Gasteiger partial charge in [-0.15, -0.1) is 11.3 Å². The van der Waals surface area contributed by atoms with E-state index in [2.05, 4.69) is 148 Å². The summed E-state index contributed by atoms with van der Waals surface area (Å²) in [7, 11) is 0. The van der Waals surface area contributed by atoms with E-state index in [0.29, 0.717) is 0 Å². The van der Waals surface area contributed by atoms with Gasteiger partial charge in [0.2, 0.25) is 0 Å². The first kappa shape index (κ1) is 22.6. The van der Waals surface area contributed by atoms with Crippen molar-refractivity contribution in [3.63, 3.8) is 0 Å². The molecule has 6 aromatic carbocycles. The minimum Gasteiger partial charge on any atom is -0.309 e. The summed E-state index contributed by atoms with van der Waals surface area (Å²) in [6, 6.07) is 47.6. The number of fused-ring (bicyclic) bond motifs is 9. The van der Waals surface area contributed by atoms with Gasteiger partial charge in [0, 0.05) is 48.6 Å². The van der Waals surface area contributed by atoms with Crippen molar-refractivity contribution < 1.29 is 0 Å². The van der Waals surface area contributed by atoms with Crippen LogP contribution in [0.15, 0.2) is 139 Å². The van der Waals surface area contributed by atoms with E-state index in [4.69, 9.17) is 4.98 Å². The average molecular weight is 542 g/mol. The van der Waals surface area contributed by atoms with E-state index in [-0.39, 0.29) is 0 Å². The number of hydrogen-bond donors (Lipinski definition) is 0. The summed E-state index contributed by atoms with van der Waals surface area (Å²) in [6.45, 7) is 0. The van der Waals surface area contributed by atoms with Crippen LogP contribution in [0.3, 0.4) is 0 Å². The number of nitrogens with zero attached hydrogens (tertiary/aromatic N) is 3. The Morgan fingerprint density at radius 3 is 1.98 bits per heavy atom. The van der Waals surface area contributed by atoms with Gasteiger partial charge in [-0.05, 0) is 66.0 Å². The van der Waals surface area contributed by atoms with Crippen LogP contribution in [0.5, 0.6) is 0 Å². The molecule has 0 atom stereocenters. The molecule has 0 radical (unpaired) electrons. The first-order valence-corrected chi connectivity index (χ1v) is 14.7. The standard InChI is InChI=1S/C37H23N3S/c1-2-10-25(11-3-1)40-33-17-9-7-15-31(33)38-37(40)24-18-20-26(21-19-24)39-32-16-8-6-14-29(32)34-30-22-23-41-36(30)28-13-5-4-12-27(28)35(34)39/h1-23H. The summed E-state index contributed by atoms with van der Waals surface area (Å²) < 4.78 is 6.05. The highest BCUT2D eigenvalue weighted by molar-refractivity contribution is 7.18. The molecule has 0 spiro atoms. The minimum atomic E-state index is 0.941. The van der Waals surface area contributed by atoms with Gasteiger partial charge in [-0.2, -0.15) is 0 Å². The predicted molar refractivity (Wildman–Crippen MR) is 174 cm³/mol. The number of imidazole rings is 1. The Morgan fingerprint density at radius 1 is 0.488 bits per heavy atom. The molecule has 0 fully saturated rings. The molecule has 0 amide bonds. The molecule has 0 saturated heterocycles. The summed E-state index contributed by atoms with van der Waals surface area (Å²) >= 11 is 1.83. The third-order valence-corrected chi connectivity index (χ3v) is 9.14. The Kier molecular flexibility index (Phi) is 4.77. The summed E-state index contributed by atoms with van der Waals surface area (Å²) in [5, 5.41) is 8.74. The van der Waals surface area contributed by atoms with Crippen molar-refractivity contribution in [1.82, 2.24) is 14.1 Å². The second-order valence-corrected chi connectivity index (χ2v) is 11.3. The van der Waals surface area contributed by atoms with Crippen LogP contribution >= 0.6 is 11.3 Å². The minimum absolute atomic E-state index is 0.941. The zero-order valence-electron chi connectivity index (χ0n) is 22.0. The molecule has 0 aliphatic rings. The molecule has 0 unspecified atom stereocenters. The van der Waals surface area contributed by atoms with Gasteiger partial charge in [-0.1, -0.05) is 72.8 Å². The average Bonchev–Trinajstić information content (AvgIpc) is 3.76. The third-order valence-electron chi connectivity index (χ3n) is 8.19. The smallest absolute Gasteiger partial charge is 0.145 e. The molecule has 3 nitrogen and oxygen atoms in total. The first-order chi connectivity index (χ1) is 20.4. The quantitative estimate of drug-likeness (QED) is 0.218. The fourth-order valence-corrected chi connectivity index (χ4v) is 7.40. The van der Waals surface area contributed by atoms with Crippen LogP contribution in [-0.2, 0) is 0 Å². The number of aromatic nitrogens is 3. The predicted octanol–water partition coefficient (Wildman–Crippen LogP) is 10.2.